The maximum absolute atomic E-state index is 12.8. The molecule has 0 fully saturated rings. The second kappa shape index (κ2) is 10.4. The van der Waals surface area contributed by atoms with Gasteiger partial charge >= 0.3 is 0 Å². The van der Waals surface area contributed by atoms with Crippen LogP contribution in [0.4, 0.5) is 11.4 Å². The summed E-state index contributed by atoms with van der Waals surface area (Å²) >= 11 is 1.29. The summed E-state index contributed by atoms with van der Waals surface area (Å²) in [5, 5.41) is 14.9. The molecule has 0 atom stereocenters. The molecule has 2 N–H and O–H groups in total. The number of aromatic nitrogens is 3. The molecule has 7 nitrogen and oxygen atoms in total. The van der Waals surface area contributed by atoms with E-state index in [0.717, 1.165) is 17.0 Å². The lowest BCUT2D eigenvalue weighted by Crippen LogP contribution is -2.19. The normalized spacial score (nSPS) is 10.7. The van der Waals surface area contributed by atoms with E-state index in [0.29, 0.717) is 22.1 Å². The van der Waals surface area contributed by atoms with Gasteiger partial charge in [0, 0.05) is 18.3 Å². The van der Waals surface area contributed by atoms with Crippen LogP contribution in [-0.4, -0.2) is 32.3 Å². The summed E-state index contributed by atoms with van der Waals surface area (Å²) in [6.45, 7) is 3.99. The van der Waals surface area contributed by atoms with Gasteiger partial charge in [-0.1, -0.05) is 65.9 Å². The Hall–Kier alpha value is -3.91. The first-order valence-electron chi connectivity index (χ1n) is 10.8. The SMILES string of the molecule is Cc1ccc(-c2nnc(SCC(=O)Nc3ccccc3C(=O)Nc3cccc(C)c3)n2C)cc1. The molecule has 3 aromatic carbocycles. The van der Waals surface area contributed by atoms with Crippen molar-refractivity contribution in [3.8, 4) is 11.4 Å². The highest BCUT2D eigenvalue weighted by Gasteiger charge is 2.16. The number of thioether (sulfide) groups is 1. The van der Waals surface area contributed by atoms with Gasteiger partial charge < -0.3 is 15.2 Å². The minimum absolute atomic E-state index is 0.133. The van der Waals surface area contributed by atoms with Crippen LogP contribution in [0, 0.1) is 13.8 Å². The van der Waals surface area contributed by atoms with Crippen LogP contribution in [-0.2, 0) is 11.8 Å². The topological polar surface area (TPSA) is 88.9 Å². The third kappa shape index (κ3) is 5.52. The summed E-state index contributed by atoms with van der Waals surface area (Å²) in [6, 6.07) is 22.6. The largest absolute Gasteiger partial charge is 0.325 e. The smallest absolute Gasteiger partial charge is 0.257 e. The molecule has 4 rings (SSSR count). The fourth-order valence-electron chi connectivity index (χ4n) is 3.42. The van der Waals surface area contributed by atoms with Gasteiger partial charge in [0.15, 0.2) is 11.0 Å². The van der Waals surface area contributed by atoms with Crippen LogP contribution in [0.3, 0.4) is 0 Å². The van der Waals surface area contributed by atoms with E-state index in [2.05, 4.69) is 20.8 Å². The van der Waals surface area contributed by atoms with Crippen molar-refractivity contribution >= 4 is 35.0 Å². The molecule has 1 aromatic heterocycles. The minimum Gasteiger partial charge on any atom is -0.325 e. The van der Waals surface area contributed by atoms with Crippen LogP contribution in [0.15, 0.2) is 78.0 Å². The minimum atomic E-state index is -0.287. The van der Waals surface area contributed by atoms with Crippen LogP contribution in [0.1, 0.15) is 21.5 Å². The van der Waals surface area contributed by atoms with Crippen molar-refractivity contribution in [3.05, 3.63) is 89.5 Å². The number of benzene rings is 3. The van der Waals surface area contributed by atoms with E-state index < -0.39 is 0 Å². The zero-order valence-corrected chi connectivity index (χ0v) is 20.0. The Morgan fingerprint density at radius 1 is 0.882 bits per heavy atom. The molecule has 0 bridgehead atoms. The predicted octanol–water partition coefficient (Wildman–Crippen LogP) is 5.08. The van der Waals surface area contributed by atoms with Crippen molar-refractivity contribution in [2.45, 2.75) is 19.0 Å². The number of hydrogen-bond donors (Lipinski definition) is 2. The van der Waals surface area contributed by atoms with Gasteiger partial charge in [-0.3, -0.25) is 9.59 Å². The molecule has 172 valence electrons. The number of aryl methyl sites for hydroxylation is 2. The van der Waals surface area contributed by atoms with E-state index in [4.69, 9.17) is 0 Å². The van der Waals surface area contributed by atoms with Crippen molar-refractivity contribution in [1.82, 2.24) is 14.8 Å². The summed E-state index contributed by atoms with van der Waals surface area (Å²) in [5.41, 5.74) is 4.73. The number of rotatable bonds is 7. The van der Waals surface area contributed by atoms with Gasteiger partial charge in [-0.2, -0.15) is 0 Å². The Labute approximate surface area is 202 Å². The zero-order valence-electron chi connectivity index (χ0n) is 19.2. The molecule has 1 heterocycles. The van der Waals surface area contributed by atoms with Crippen molar-refractivity contribution in [2.24, 2.45) is 7.05 Å². The van der Waals surface area contributed by atoms with Gasteiger partial charge in [-0.25, -0.2) is 0 Å². The lowest BCUT2D eigenvalue weighted by atomic mass is 10.1. The van der Waals surface area contributed by atoms with Gasteiger partial charge in [0.1, 0.15) is 0 Å². The van der Waals surface area contributed by atoms with Gasteiger partial charge in [-0.05, 0) is 43.7 Å². The lowest BCUT2D eigenvalue weighted by Gasteiger charge is -2.12. The third-order valence-electron chi connectivity index (χ3n) is 5.20. The summed E-state index contributed by atoms with van der Waals surface area (Å²) < 4.78 is 1.87. The molecule has 2 amide bonds. The summed E-state index contributed by atoms with van der Waals surface area (Å²) in [6.07, 6.45) is 0. The average Bonchev–Trinajstić information content (AvgIpc) is 3.19. The molecule has 0 radical (unpaired) electrons. The number of carbonyl (C=O) groups is 2. The second-order valence-corrected chi connectivity index (χ2v) is 8.88. The first-order valence-corrected chi connectivity index (χ1v) is 11.8. The second-order valence-electron chi connectivity index (χ2n) is 7.94. The predicted molar refractivity (Wildman–Crippen MR) is 136 cm³/mol. The quantitative estimate of drug-likeness (QED) is 0.367. The average molecular weight is 472 g/mol. The van der Waals surface area contributed by atoms with Crippen LogP contribution in [0.5, 0.6) is 0 Å². The number of nitrogens with zero attached hydrogens (tertiary/aromatic N) is 3. The first kappa shape index (κ1) is 23.3. The molecule has 0 saturated carbocycles. The van der Waals surface area contributed by atoms with E-state index in [1.807, 2.05) is 74.0 Å². The molecule has 8 heteroatoms. The van der Waals surface area contributed by atoms with Crippen molar-refractivity contribution < 1.29 is 9.59 Å². The monoisotopic (exact) mass is 471 g/mol. The highest BCUT2D eigenvalue weighted by atomic mass is 32.2. The number of nitrogens with one attached hydrogen (secondary N) is 2. The summed E-state index contributed by atoms with van der Waals surface area (Å²) in [4.78, 5) is 25.5. The Morgan fingerprint density at radius 2 is 1.65 bits per heavy atom. The zero-order chi connectivity index (χ0) is 24.1. The van der Waals surface area contributed by atoms with Gasteiger partial charge in [0.05, 0.1) is 17.0 Å². The van der Waals surface area contributed by atoms with E-state index in [-0.39, 0.29) is 17.6 Å². The maximum atomic E-state index is 12.8. The van der Waals surface area contributed by atoms with Crippen LogP contribution < -0.4 is 10.6 Å². The van der Waals surface area contributed by atoms with Gasteiger partial charge in [0.2, 0.25) is 5.91 Å². The fraction of sp³-hybridized carbons (Fsp3) is 0.154. The number of hydrogen-bond acceptors (Lipinski definition) is 5. The van der Waals surface area contributed by atoms with Crippen LogP contribution in [0.2, 0.25) is 0 Å². The number of anilines is 2. The Balaban J connectivity index is 1.40. The molecular formula is C26H25N5O2S. The Bertz CT molecular complexity index is 1330. The molecule has 34 heavy (non-hydrogen) atoms. The number of para-hydroxylation sites is 1. The van der Waals surface area contributed by atoms with E-state index in [1.165, 1.54) is 17.3 Å². The molecule has 0 spiro atoms. The van der Waals surface area contributed by atoms with Crippen molar-refractivity contribution in [2.75, 3.05) is 16.4 Å². The highest BCUT2D eigenvalue weighted by Crippen LogP contribution is 2.24. The maximum Gasteiger partial charge on any atom is 0.257 e. The molecule has 4 aromatic rings. The summed E-state index contributed by atoms with van der Waals surface area (Å²) in [7, 11) is 1.88. The Kier molecular flexibility index (Phi) is 7.08. The van der Waals surface area contributed by atoms with Gasteiger partial charge in [0.25, 0.3) is 5.91 Å². The summed E-state index contributed by atoms with van der Waals surface area (Å²) in [5.74, 6) is 0.347. The van der Waals surface area contributed by atoms with E-state index in [1.54, 1.807) is 24.3 Å². The van der Waals surface area contributed by atoms with Crippen LogP contribution in [0.25, 0.3) is 11.4 Å². The third-order valence-corrected chi connectivity index (χ3v) is 6.22. The first-order chi connectivity index (χ1) is 16.4. The van der Waals surface area contributed by atoms with E-state index in [9.17, 15) is 9.59 Å². The molecule has 0 saturated heterocycles. The molecular weight excluding hydrogens is 446 g/mol. The molecule has 0 unspecified atom stereocenters. The lowest BCUT2D eigenvalue weighted by molar-refractivity contribution is -0.113. The van der Waals surface area contributed by atoms with Crippen LogP contribution >= 0.6 is 11.8 Å². The standard InChI is InChI=1S/C26H25N5O2S/c1-17-11-13-19(14-12-17)24-29-30-26(31(24)3)34-16-23(32)28-22-10-5-4-9-21(22)25(33)27-20-8-6-7-18(2)15-20/h4-15H,16H2,1-3H3,(H,27,33)(H,28,32). The van der Waals surface area contributed by atoms with Crippen molar-refractivity contribution in [3.63, 3.8) is 0 Å². The highest BCUT2D eigenvalue weighted by molar-refractivity contribution is 7.99. The Morgan fingerprint density at radius 3 is 2.41 bits per heavy atom. The van der Waals surface area contributed by atoms with Crippen molar-refractivity contribution in [1.29, 1.82) is 0 Å². The molecule has 0 aliphatic rings. The van der Waals surface area contributed by atoms with E-state index >= 15 is 0 Å². The molecule has 0 aliphatic carbocycles. The number of amides is 2. The fourth-order valence-corrected chi connectivity index (χ4v) is 4.13. The van der Waals surface area contributed by atoms with Gasteiger partial charge in [-0.15, -0.1) is 10.2 Å². The molecule has 0 aliphatic heterocycles. The number of carbonyl (C=O) groups excluding carboxylic acids is 2.